The summed E-state index contributed by atoms with van der Waals surface area (Å²) >= 11 is 0. The van der Waals surface area contributed by atoms with E-state index in [1.54, 1.807) is 6.07 Å². The van der Waals surface area contributed by atoms with Gasteiger partial charge < -0.3 is 9.47 Å². The fourth-order valence-electron chi connectivity index (χ4n) is 7.26. The molecular formula is C42H27N5. The smallest absolute Gasteiger partial charge is 0.205 e. The van der Waals surface area contributed by atoms with Gasteiger partial charge in [0.25, 0.3) is 0 Å². The van der Waals surface area contributed by atoms with Crippen molar-refractivity contribution in [1.29, 1.82) is 10.5 Å². The van der Waals surface area contributed by atoms with Crippen molar-refractivity contribution in [3.63, 3.8) is 0 Å². The summed E-state index contributed by atoms with van der Waals surface area (Å²) < 4.78 is 2.27. The van der Waals surface area contributed by atoms with Gasteiger partial charge in [0.05, 0.1) is 52.2 Å². The molecule has 0 atom stereocenters. The molecule has 6 aromatic carbocycles. The van der Waals surface area contributed by atoms with E-state index in [4.69, 9.17) is 6.57 Å². The molecule has 0 fully saturated rings. The van der Waals surface area contributed by atoms with Crippen molar-refractivity contribution >= 4 is 44.6 Å². The van der Waals surface area contributed by atoms with E-state index < -0.39 is 0 Å². The molecule has 0 spiro atoms. The largest absolute Gasteiger partial charge is 0.310 e. The maximum Gasteiger partial charge on any atom is 0.205 e. The number of hydrogen-bond acceptors (Lipinski definition) is 3. The van der Waals surface area contributed by atoms with Gasteiger partial charge in [0, 0.05) is 27.6 Å². The molecular weight excluding hydrogens is 574 g/mol. The van der Waals surface area contributed by atoms with Gasteiger partial charge in [0.15, 0.2) is 0 Å². The van der Waals surface area contributed by atoms with Crippen LogP contribution in [0.4, 0.5) is 22.7 Å². The van der Waals surface area contributed by atoms with Crippen molar-refractivity contribution in [2.75, 3.05) is 4.90 Å². The van der Waals surface area contributed by atoms with Gasteiger partial charge in [0.1, 0.15) is 0 Å². The van der Waals surface area contributed by atoms with E-state index in [9.17, 15) is 10.5 Å². The van der Waals surface area contributed by atoms with Gasteiger partial charge in [0.2, 0.25) is 5.69 Å². The Balaban J connectivity index is 1.50. The first-order valence-corrected chi connectivity index (χ1v) is 15.4. The molecule has 0 radical (unpaired) electrons. The first kappa shape index (κ1) is 27.9. The molecule has 47 heavy (non-hydrogen) atoms. The van der Waals surface area contributed by atoms with Gasteiger partial charge in [-0.05, 0) is 76.9 Å². The van der Waals surface area contributed by atoms with Crippen LogP contribution in [0.2, 0.25) is 0 Å². The minimum absolute atomic E-state index is 0.195. The molecule has 0 N–H and O–H groups in total. The van der Waals surface area contributed by atoms with Gasteiger partial charge in [-0.3, -0.25) is 0 Å². The molecule has 1 aliphatic rings. The second kappa shape index (κ2) is 10.5. The average molecular weight is 602 g/mol. The highest BCUT2D eigenvalue weighted by Crippen LogP contribution is 2.52. The Bertz CT molecular complexity index is 2450. The number of aromatic nitrogens is 1. The SMILES string of the molecule is [C-]#[N+]c1cc(-c2cc(N3c4ccccc4C(C)(C)c4ccccc43)cc(-n3c4ccccc4c4ccccc43)c2)c(C#N)cc1C#N. The van der Waals surface area contributed by atoms with Gasteiger partial charge >= 0.3 is 0 Å². The Kier molecular flexibility index (Phi) is 6.23. The van der Waals surface area contributed by atoms with E-state index in [1.807, 2.05) is 0 Å². The minimum atomic E-state index is -0.220. The van der Waals surface area contributed by atoms with Gasteiger partial charge in [-0.1, -0.05) is 86.6 Å². The van der Waals surface area contributed by atoms with Gasteiger partial charge in [-0.2, -0.15) is 10.5 Å². The van der Waals surface area contributed by atoms with Crippen LogP contribution < -0.4 is 4.90 Å². The van der Waals surface area contributed by atoms with Crippen LogP contribution in [0.3, 0.4) is 0 Å². The van der Waals surface area contributed by atoms with Crippen LogP contribution in [0.5, 0.6) is 0 Å². The summed E-state index contributed by atoms with van der Waals surface area (Å²) in [5.74, 6) is 0. The Labute approximate surface area is 273 Å². The summed E-state index contributed by atoms with van der Waals surface area (Å²) in [5, 5.41) is 22.3. The summed E-state index contributed by atoms with van der Waals surface area (Å²) in [6, 6.07) is 47.9. The van der Waals surface area contributed by atoms with E-state index in [2.05, 4.69) is 156 Å². The van der Waals surface area contributed by atoms with Crippen LogP contribution in [0.1, 0.15) is 36.1 Å². The Hall–Kier alpha value is -6.61. The highest BCUT2D eigenvalue weighted by atomic mass is 15.2. The van der Waals surface area contributed by atoms with Crippen LogP contribution in [-0.4, -0.2) is 4.57 Å². The predicted molar refractivity (Wildman–Crippen MR) is 189 cm³/mol. The number of nitrogens with zero attached hydrogens (tertiary/aromatic N) is 5. The Morgan fingerprint density at radius 3 is 1.72 bits per heavy atom. The average Bonchev–Trinajstić information content (AvgIpc) is 3.45. The number of hydrogen-bond donors (Lipinski definition) is 0. The van der Waals surface area contributed by atoms with Crippen LogP contribution in [0.25, 0.3) is 43.5 Å². The van der Waals surface area contributed by atoms with E-state index in [-0.39, 0.29) is 16.7 Å². The molecule has 0 saturated heterocycles. The summed E-state index contributed by atoms with van der Waals surface area (Å²) in [7, 11) is 0. The fourth-order valence-corrected chi connectivity index (χ4v) is 7.26. The lowest BCUT2D eigenvalue weighted by Gasteiger charge is -2.42. The third-order valence-electron chi connectivity index (χ3n) is 9.44. The quantitative estimate of drug-likeness (QED) is 0.189. The van der Waals surface area contributed by atoms with Crippen molar-refractivity contribution in [3.8, 4) is 29.0 Å². The normalized spacial score (nSPS) is 13.0. The molecule has 0 amide bonds. The van der Waals surface area contributed by atoms with Gasteiger partial charge in [-0.15, -0.1) is 0 Å². The molecule has 0 aliphatic carbocycles. The van der Waals surface area contributed by atoms with Crippen LogP contribution >= 0.6 is 0 Å². The third-order valence-corrected chi connectivity index (χ3v) is 9.44. The molecule has 0 saturated carbocycles. The first-order chi connectivity index (χ1) is 22.9. The summed E-state index contributed by atoms with van der Waals surface area (Å²) in [4.78, 5) is 5.96. The van der Waals surface area contributed by atoms with E-state index in [0.717, 1.165) is 50.1 Å². The van der Waals surface area contributed by atoms with E-state index in [1.165, 1.54) is 17.2 Å². The highest BCUT2D eigenvalue weighted by Gasteiger charge is 2.36. The summed E-state index contributed by atoms with van der Waals surface area (Å²) in [6.45, 7) is 12.3. The van der Waals surface area contributed by atoms with Crippen molar-refractivity contribution in [1.82, 2.24) is 4.57 Å². The molecule has 7 aromatic rings. The number of para-hydroxylation sites is 4. The maximum atomic E-state index is 10.3. The highest BCUT2D eigenvalue weighted by molar-refractivity contribution is 6.09. The standard InChI is InChI=1S/C42H27N5/c1-42(2)35-14-6-10-18-40(35)47(41-19-11-7-15-36(41)42)31-22-27(34-24-37(45-3)29(26-44)20-28(34)25-43)21-30(23-31)46-38-16-8-4-12-32(38)33-13-5-9-17-39(33)46/h4-24H,1-2H3. The van der Waals surface area contributed by atoms with E-state index in [0.29, 0.717) is 11.1 Å². The van der Waals surface area contributed by atoms with Crippen molar-refractivity contribution in [2.24, 2.45) is 0 Å². The molecule has 5 heteroatoms. The van der Waals surface area contributed by atoms with Crippen LogP contribution in [0.15, 0.2) is 127 Å². The van der Waals surface area contributed by atoms with Gasteiger partial charge in [-0.25, -0.2) is 4.85 Å². The monoisotopic (exact) mass is 601 g/mol. The summed E-state index contributed by atoms with van der Waals surface area (Å²) in [6.07, 6.45) is 0. The molecule has 0 bridgehead atoms. The molecule has 1 aromatic heterocycles. The summed E-state index contributed by atoms with van der Waals surface area (Å²) in [5.41, 5.74) is 10.5. The Morgan fingerprint density at radius 1 is 0.617 bits per heavy atom. The predicted octanol–water partition coefficient (Wildman–Crippen LogP) is 10.9. The molecule has 8 rings (SSSR count). The number of nitriles is 2. The first-order valence-electron chi connectivity index (χ1n) is 15.4. The minimum Gasteiger partial charge on any atom is -0.310 e. The topological polar surface area (TPSA) is 60.1 Å². The fraction of sp³-hybridized carbons (Fsp3) is 0.0714. The van der Waals surface area contributed by atoms with E-state index >= 15 is 0 Å². The zero-order valence-corrected chi connectivity index (χ0v) is 25.9. The molecule has 0 unspecified atom stereocenters. The van der Waals surface area contributed by atoms with Crippen LogP contribution in [0, 0.1) is 29.2 Å². The molecule has 5 nitrogen and oxygen atoms in total. The lowest BCUT2D eigenvalue weighted by Crippen LogP contribution is -2.30. The van der Waals surface area contributed by atoms with Crippen LogP contribution in [-0.2, 0) is 5.41 Å². The third kappa shape index (κ3) is 4.14. The zero-order chi connectivity index (χ0) is 32.3. The zero-order valence-electron chi connectivity index (χ0n) is 25.9. The lowest BCUT2D eigenvalue weighted by atomic mass is 9.73. The molecule has 220 valence electrons. The number of fused-ring (bicyclic) bond motifs is 5. The number of anilines is 3. The lowest BCUT2D eigenvalue weighted by molar-refractivity contribution is 0.632. The number of benzene rings is 6. The maximum absolute atomic E-state index is 10.3. The van der Waals surface area contributed by atoms with Crippen molar-refractivity contribution in [2.45, 2.75) is 19.3 Å². The van der Waals surface area contributed by atoms with Crippen molar-refractivity contribution < 1.29 is 0 Å². The van der Waals surface area contributed by atoms with Crippen molar-refractivity contribution in [3.05, 3.63) is 161 Å². The Morgan fingerprint density at radius 2 is 1.15 bits per heavy atom. The number of rotatable bonds is 3. The second-order valence-corrected chi connectivity index (χ2v) is 12.4. The molecule has 2 heterocycles. The second-order valence-electron chi connectivity index (χ2n) is 12.4. The molecule has 1 aliphatic heterocycles.